The second-order valence-corrected chi connectivity index (χ2v) is 3.94. The van der Waals surface area contributed by atoms with Crippen molar-refractivity contribution in [3.05, 3.63) is 48.2 Å². The number of benzene rings is 1. The van der Waals surface area contributed by atoms with E-state index in [1.54, 1.807) is 16.7 Å². The van der Waals surface area contributed by atoms with Gasteiger partial charge in [-0.15, -0.1) is 0 Å². The zero-order valence-electron chi connectivity index (χ0n) is 9.14. The fourth-order valence-electron chi connectivity index (χ4n) is 1.99. The first-order valence-electron chi connectivity index (χ1n) is 5.23. The number of imidazole rings is 1. The Hall–Kier alpha value is -2.23. The normalized spacial score (nSPS) is 11.2. The van der Waals surface area contributed by atoms with Crippen LogP contribution < -0.4 is 0 Å². The zero-order valence-corrected chi connectivity index (χ0v) is 9.14. The Bertz CT molecular complexity index is 746. The van der Waals surface area contributed by atoms with E-state index in [-0.39, 0.29) is 11.6 Å². The van der Waals surface area contributed by atoms with Crippen molar-refractivity contribution in [1.29, 1.82) is 0 Å². The van der Waals surface area contributed by atoms with Crippen molar-refractivity contribution in [2.45, 2.75) is 6.92 Å². The molecule has 0 radical (unpaired) electrons. The smallest absolute Gasteiger partial charge is 0.178 e. The quantitative estimate of drug-likeness (QED) is 0.600. The van der Waals surface area contributed by atoms with Crippen LogP contribution in [-0.2, 0) is 0 Å². The molecule has 0 amide bonds. The summed E-state index contributed by atoms with van der Waals surface area (Å²) >= 11 is 0. The number of carbonyl (C=O) groups is 1. The summed E-state index contributed by atoms with van der Waals surface area (Å²) in [4.78, 5) is 15.6. The van der Waals surface area contributed by atoms with E-state index in [4.69, 9.17) is 0 Å². The highest BCUT2D eigenvalue weighted by atomic mass is 19.1. The molecule has 3 aromatic rings. The molecule has 3 nitrogen and oxygen atoms in total. The molecular formula is C13H9FN2O. The zero-order chi connectivity index (χ0) is 12.0. The van der Waals surface area contributed by atoms with Gasteiger partial charge >= 0.3 is 0 Å². The lowest BCUT2D eigenvalue weighted by atomic mass is 10.1. The molecule has 4 heteroatoms. The Morgan fingerprint density at radius 2 is 2.18 bits per heavy atom. The number of hydrogen-bond donors (Lipinski definition) is 0. The van der Waals surface area contributed by atoms with Gasteiger partial charge < -0.3 is 0 Å². The fraction of sp³-hybridized carbons (Fsp3) is 0.0769. The van der Waals surface area contributed by atoms with Crippen molar-refractivity contribution < 1.29 is 9.18 Å². The molecule has 0 bridgehead atoms. The number of aromatic nitrogens is 2. The lowest BCUT2D eigenvalue weighted by Gasteiger charge is -2.02. The van der Waals surface area contributed by atoms with Gasteiger partial charge in [0.15, 0.2) is 5.78 Å². The predicted octanol–water partition coefficient (Wildman–Crippen LogP) is 2.83. The van der Waals surface area contributed by atoms with Gasteiger partial charge in [-0.05, 0) is 23.6 Å². The van der Waals surface area contributed by atoms with Crippen molar-refractivity contribution >= 4 is 22.2 Å². The van der Waals surface area contributed by atoms with E-state index in [0.717, 1.165) is 5.39 Å². The minimum absolute atomic E-state index is 0.0618. The first-order valence-corrected chi connectivity index (χ1v) is 5.23. The number of pyridine rings is 1. The Kier molecular flexibility index (Phi) is 1.98. The number of halogens is 1. The van der Waals surface area contributed by atoms with Crippen LogP contribution in [0.25, 0.3) is 16.4 Å². The van der Waals surface area contributed by atoms with Gasteiger partial charge in [0.05, 0.1) is 6.20 Å². The SMILES string of the molecule is CC(=O)c1cnc2c3cc(F)ccc3ccn12. The predicted molar refractivity (Wildman–Crippen MR) is 62.7 cm³/mol. The highest BCUT2D eigenvalue weighted by Gasteiger charge is 2.10. The van der Waals surface area contributed by atoms with Gasteiger partial charge in [0.25, 0.3) is 0 Å². The number of rotatable bonds is 1. The highest BCUT2D eigenvalue weighted by Crippen LogP contribution is 2.21. The van der Waals surface area contributed by atoms with Crippen molar-refractivity contribution in [2.75, 3.05) is 0 Å². The number of carbonyl (C=O) groups excluding carboxylic acids is 1. The minimum atomic E-state index is -0.307. The monoisotopic (exact) mass is 228 g/mol. The molecule has 84 valence electrons. The summed E-state index contributed by atoms with van der Waals surface area (Å²) in [7, 11) is 0. The summed E-state index contributed by atoms with van der Waals surface area (Å²) in [5, 5.41) is 1.61. The van der Waals surface area contributed by atoms with Crippen LogP contribution in [0.1, 0.15) is 17.4 Å². The van der Waals surface area contributed by atoms with E-state index in [9.17, 15) is 9.18 Å². The summed E-state index contributed by atoms with van der Waals surface area (Å²) in [6.45, 7) is 1.49. The van der Waals surface area contributed by atoms with Gasteiger partial charge in [0, 0.05) is 18.5 Å². The Balaban J connectivity index is 2.48. The molecule has 17 heavy (non-hydrogen) atoms. The third-order valence-electron chi connectivity index (χ3n) is 2.82. The molecule has 0 aliphatic carbocycles. The Morgan fingerprint density at radius 1 is 1.35 bits per heavy atom. The van der Waals surface area contributed by atoms with Gasteiger partial charge in [-0.25, -0.2) is 9.37 Å². The summed E-state index contributed by atoms with van der Waals surface area (Å²) in [5.74, 6) is -0.369. The molecule has 0 aliphatic rings. The topological polar surface area (TPSA) is 34.4 Å². The van der Waals surface area contributed by atoms with Crippen LogP contribution in [0.5, 0.6) is 0 Å². The molecule has 0 N–H and O–H groups in total. The lowest BCUT2D eigenvalue weighted by molar-refractivity contribution is 0.101. The third kappa shape index (κ3) is 1.41. The molecule has 2 aromatic heterocycles. The van der Waals surface area contributed by atoms with Crippen molar-refractivity contribution in [3.63, 3.8) is 0 Å². The molecule has 1 aromatic carbocycles. The molecule has 0 saturated carbocycles. The summed E-state index contributed by atoms with van der Waals surface area (Å²) in [6.07, 6.45) is 3.29. The van der Waals surface area contributed by atoms with Crippen LogP contribution in [0, 0.1) is 5.82 Å². The number of fused-ring (bicyclic) bond motifs is 3. The van der Waals surface area contributed by atoms with Gasteiger partial charge in [0.2, 0.25) is 0 Å². The van der Waals surface area contributed by atoms with E-state index in [1.807, 2.05) is 6.07 Å². The summed E-state index contributed by atoms with van der Waals surface area (Å²) < 4.78 is 14.9. The van der Waals surface area contributed by atoms with Crippen LogP contribution in [-0.4, -0.2) is 15.2 Å². The molecule has 0 fully saturated rings. The molecular weight excluding hydrogens is 219 g/mol. The van der Waals surface area contributed by atoms with E-state index in [1.165, 1.54) is 25.3 Å². The standard InChI is InChI=1S/C13H9FN2O/c1-8(17)12-7-15-13-11-6-10(14)3-2-9(11)4-5-16(12)13/h2-7H,1H3. The molecule has 0 aliphatic heterocycles. The maximum atomic E-state index is 13.2. The molecule has 0 atom stereocenters. The molecule has 0 unspecified atom stereocenters. The van der Waals surface area contributed by atoms with Gasteiger partial charge in [-0.2, -0.15) is 0 Å². The average molecular weight is 228 g/mol. The van der Waals surface area contributed by atoms with Crippen molar-refractivity contribution in [1.82, 2.24) is 9.38 Å². The van der Waals surface area contributed by atoms with E-state index >= 15 is 0 Å². The van der Waals surface area contributed by atoms with Crippen LogP contribution in [0.15, 0.2) is 36.7 Å². The largest absolute Gasteiger partial charge is 0.297 e. The molecule has 0 spiro atoms. The second kappa shape index (κ2) is 3.38. The van der Waals surface area contributed by atoms with E-state index in [2.05, 4.69) is 4.98 Å². The molecule has 0 saturated heterocycles. The maximum Gasteiger partial charge on any atom is 0.178 e. The fourth-order valence-corrected chi connectivity index (χ4v) is 1.99. The van der Waals surface area contributed by atoms with Gasteiger partial charge in [-0.1, -0.05) is 6.07 Å². The lowest BCUT2D eigenvalue weighted by Crippen LogP contribution is -1.98. The number of ketones is 1. The summed E-state index contributed by atoms with van der Waals surface area (Å²) in [6, 6.07) is 6.39. The molecule has 2 heterocycles. The Labute approximate surface area is 96.5 Å². The third-order valence-corrected chi connectivity index (χ3v) is 2.82. The van der Waals surface area contributed by atoms with Crippen LogP contribution in [0.2, 0.25) is 0 Å². The average Bonchev–Trinajstić information content (AvgIpc) is 2.72. The Morgan fingerprint density at radius 3 is 2.94 bits per heavy atom. The number of Topliss-reactive ketones (excluding diaryl/α,β-unsaturated/α-hetero) is 1. The first kappa shape index (κ1) is 9.96. The van der Waals surface area contributed by atoms with E-state index in [0.29, 0.717) is 16.7 Å². The highest BCUT2D eigenvalue weighted by molar-refractivity contribution is 5.98. The van der Waals surface area contributed by atoms with Gasteiger partial charge in [-0.3, -0.25) is 9.20 Å². The van der Waals surface area contributed by atoms with Crippen LogP contribution in [0.4, 0.5) is 4.39 Å². The number of hydrogen-bond acceptors (Lipinski definition) is 2. The first-order chi connectivity index (χ1) is 8.16. The van der Waals surface area contributed by atoms with Crippen LogP contribution >= 0.6 is 0 Å². The maximum absolute atomic E-state index is 13.2. The van der Waals surface area contributed by atoms with Gasteiger partial charge in [0.1, 0.15) is 17.2 Å². The minimum Gasteiger partial charge on any atom is -0.297 e. The second-order valence-electron chi connectivity index (χ2n) is 3.94. The number of nitrogens with zero attached hydrogens (tertiary/aromatic N) is 2. The van der Waals surface area contributed by atoms with E-state index < -0.39 is 0 Å². The molecule has 3 rings (SSSR count). The van der Waals surface area contributed by atoms with Crippen molar-refractivity contribution in [2.24, 2.45) is 0 Å². The summed E-state index contributed by atoms with van der Waals surface area (Å²) in [5.41, 5.74) is 1.11. The van der Waals surface area contributed by atoms with Crippen molar-refractivity contribution in [3.8, 4) is 0 Å². The van der Waals surface area contributed by atoms with Crippen LogP contribution in [0.3, 0.4) is 0 Å².